The predicted molar refractivity (Wildman–Crippen MR) is 76.5 cm³/mol. The van der Waals surface area contributed by atoms with Gasteiger partial charge in [0, 0.05) is 31.9 Å². The second kappa shape index (κ2) is 13.6. The van der Waals surface area contributed by atoms with E-state index in [9.17, 15) is 17.6 Å². The third-order valence-electron chi connectivity index (χ3n) is 3.13. The molecule has 18 heavy (non-hydrogen) atoms. The summed E-state index contributed by atoms with van der Waals surface area (Å²) in [6.45, 7) is -1.10. The molecule has 2 atom stereocenters. The molecule has 0 spiro atoms. The zero-order valence-electron chi connectivity index (χ0n) is 11.2. The Morgan fingerprint density at radius 2 is 1.11 bits per heavy atom. The first-order valence-corrected chi connectivity index (χ1v) is 11.1. The molecule has 6 heteroatoms. The lowest BCUT2D eigenvalue weighted by Gasteiger charge is -2.06. The van der Waals surface area contributed by atoms with Gasteiger partial charge in [-0.1, -0.05) is 24.9 Å². The molecule has 0 aromatic carbocycles. The van der Waals surface area contributed by atoms with Crippen LogP contribution >= 0.6 is 0 Å². The van der Waals surface area contributed by atoms with Crippen molar-refractivity contribution in [2.24, 2.45) is 0 Å². The Bertz CT molecular complexity index is 154. The molecule has 0 saturated heterocycles. The van der Waals surface area contributed by atoms with Gasteiger partial charge < -0.3 is 0 Å². The summed E-state index contributed by atoms with van der Waals surface area (Å²) >= 11 is 0. The molecule has 0 aliphatic heterocycles. The Balaban J connectivity index is 3.11. The van der Waals surface area contributed by atoms with Crippen molar-refractivity contribution in [3.63, 3.8) is 0 Å². The molecular weight excluding hydrogens is 276 g/mol. The van der Waals surface area contributed by atoms with Gasteiger partial charge in [-0.2, -0.15) is 0 Å². The Kier molecular flexibility index (Phi) is 13.7. The predicted octanol–water partition coefficient (Wildman–Crippen LogP) is 3.17. The smallest absolute Gasteiger partial charge is 0.0998 e. The van der Waals surface area contributed by atoms with Crippen molar-refractivity contribution in [1.29, 1.82) is 0 Å². The maximum Gasteiger partial charge on any atom is 0.0998 e. The summed E-state index contributed by atoms with van der Waals surface area (Å²) in [4.78, 5) is 0. The Hall–Kier alpha value is 0.154. The van der Waals surface area contributed by atoms with E-state index in [0.29, 0.717) is 12.1 Å². The first-order valence-electron chi connectivity index (χ1n) is 7.10. The minimum absolute atomic E-state index is 0.0619. The van der Waals surface area contributed by atoms with Crippen molar-refractivity contribution in [3.05, 3.63) is 0 Å². The molecule has 0 aromatic heterocycles. The SMILES string of the molecule is FCCC(F)C[SiH2]CCCC[SiH2]CC(F)CCF. The van der Waals surface area contributed by atoms with Gasteiger partial charge in [0.05, 0.1) is 25.7 Å². The van der Waals surface area contributed by atoms with Gasteiger partial charge in [0.25, 0.3) is 0 Å². The Morgan fingerprint density at radius 1 is 0.722 bits per heavy atom. The Labute approximate surface area is 113 Å². The monoisotopic (exact) mass is 302 g/mol. The number of alkyl halides is 4. The van der Waals surface area contributed by atoms with Crippen molar-refractivity contribution in [2.75, 3.05) is 13.3 Å². The van der Waals surface area contributed by atoms with Crippen LogP contribution in [0.25, 0.3) is 0 Å². The van der Waals surface area contributed by atoms with Crippen LogP contribution in [0, 0.1) is 0 Å². The fraction of sp³-hybridized carbons (Fsp3) is 1.00. The number of hydrogen-bond acceptors (Lipinski definition) is 0. The number of unbranched alkanes of at least 4 members (excludes halogenated alkanes) is 1. The van der Waals surface area contributed by atoms with Crippen molar-refractivity contribution in [1.82, 2.24) is 0 Å². The third kappa shape index (κ3) is 12.6. The third-order valence-corrected chi connectivity index (χ3v) is 7.20. The van der Waals surface area contributed by atoms with Gasteiger partial charge in [0.2, 0.25) is 0 Å². The summed E-state index contributed by atoms with van der Waals surface area (Å²) in [7, 11) is -0.729. The maximum atomic E-state index is 12.9. The highest BCUT2D eigenvalue weighted by molar-refractivity contribution is 6.36. The largest absolute Gasteiger partial charge is 0.251 e. The standard InChI is InChI=1S/C12H26F4Si2/c13-5-3-11(15)9-17-7-1-2-8-18-10-12(16)4-6-14/h11-12H,1-10,17-18H2. The molecule has 110 valence electrons. The number of rotatable bonds is 13. The van der Waals surface area contributed by atoms with Crippen molar-refractivity contribution < 1.29 is 17.6 Å². The van der Waals surface area contributed by atoms with Crippen molar-refractivity contribution in [3.8, 4) is 0 Å². The topological polar surface area (TPSA) is 0 Å². The lowest BCUT2D eigenvalue weighted by molar-refractivity contribution is 0.303. The lowest BCUT2D eigenvalue weighted by Crippen LogP contribution is -2.06. The summed E-state index contributed by atoms with van der Waals surface area (Å²) < 4.78 is 49.5. The van der Waals surface area contributed by atoms with Crippen LogP contribution in [-0.2, 0) is 0 Å². The number of hydrogen-bond donors (Lipinski definition) is 0. The highest BCUT2D eigenvalue weighted by atomic mass is 28.2. The zero-order valence-corrected chi connectivity index (χ0v) is 14.0. The molecule has 0 aromatic rings. The van der Waals surface area contributed by atoms with Crippen LogP contribution < -0.4 is 0 Å². The van der Waals surface area contributed by atoms with Crippen molar-refractivity contribution >= 4 is 19.0 Å². The van der Waals surface area contributed by atoms with E-state index >= 15 is 0 Å². The van der Waals surface area contributed by atoms with Crippen LogP contribution in [0.5, 0.6) is 0 Å². The van der Waals surface area contributed by atoms with E-state index in [0.717, 1.165) is 24.9 Å². The lowest BCUT2D eigenvalue weighted by atomic mass is 10.3. The first kappa shape index (κ1) is 18.2. The number of halogens is 4. The van der Waals surface area contributed by atoms with Crippen LogP contribution in [-0.4, -0.2) is 44.7 Å². The van der Waals surface area contributed by atoms with Crippen molar-refractivity contribution in [2.45, 2.75) is 62.2 Å². The average molecular weight is 303 g/mol. The fourth-order valence-electron chi connectivity index (χ4n) is 1.96. The van der Waals surface area contributed by atoms with E-state index in [1.54, 1.807) is 0 Å². The highest BCUT2D eigenvalue weighted by Gasteiger charge is 2.06. The van der Waals surface area contributed by atoms with Crippen LogP contribution in [0.2, 0.25) is 24.2 Å². The molecule has 0 nitrogen and oxygen atoms in total. The normalized spacial score (nSPS) is 16.0. The fourth-order valence-corrected chi connectivity index (χ4v) is 5.42. The van der Waals surface area contributed by atoms with Crippen LogP contribution in [0.3, 0.4) is 0 Å². The van der Waals surface area contributed by atoms with E-state index in [2.05, 4.69) is 0 Å². The van der Waals surface area contributed by atoms with Gasteiger partial charge in [-0.15, -0.1) is 0 Å². The second-order valence-corrected chi connectivity index (χ2v) is 8.83. The van der Waals surface area contributed by atoms with E-state index < -0.39 is 25.7 Å². The molecule has 0 heterocycles. The van der Waals surface area contributed by atoms with Gasteiger partial charge >= 0.3 is 0 Å². The van der Waals surface area contributed by atoms with Gasteiger partial charge in [-0.3, -0.25) is 8.78 Å². The van der Waals surface area contributed by atoms with Crippen LogP contribution in [0.1, 0.15) is 25.7 Å². The maximum absolute atomic E-state index is 12.9. The summed E-state index contributed by atoms with van der Waals surface area (Å²) in [5.41, 5.74) is 0. The van der Waals surface area contributed by atoms with E-state index in [1.807, 2.05) is 0 Å². The molecule has 0 bridgehead atoms. The summed E-state index contributed by atoms with van der Waals surface area (Å²) in [6, 6.07) is 3.43. The summed E-state index contributed by atoms with van der Waals surface area (Å²) in [5, 5.41) is 0. The molecule has 2 unspecified atom stereocenters. The summed E-state index contributed by atoms with van der Waals surface area (Å²) in [6.07, 6.45) is 0.496. The van der Waals surface area contributed by atoms with Crippen LogP contribution in [0.15, 0.2) is 0 Å². The van der Waals surface area contributed by atoms with Gasteiger partial charge in [0.1, 0.15) is 0 Å². The van der Waals surface area contributed by atoms with Crippen LogP contribution in [0.4, 0.5) is 17.6 Å². The average Bonchev–Trinajstić information content (AvgIpc) is 2.33. The molecule has 0 rings (SSSR count). The van der Waals surface area contributed by atoms with E-state index in [-0.39, 0.29) is 31.9 Å². The molecule has 0 amide bonds. The Morgan fingerprint density at radius 3 is 1.44 bits per heavy atom. The molecule has 0 N–H and O–H groups in total. The minimum atomic E-state index is -0.927. The highest BCUT2D eigenvalue weighted by Crippen LogP contribution is 2.10. The van der Waals surface area contributed by atoms with Gasteiger partial charge in [0.15, 0.2) is 0 Å². The quantitative estimate of drug-likeness (QED) is 0.278. The molecule has 0 aliphatic rings. The molecular formula is C12H26F4Si2. The van der Waals surface area contributed by atoms with Gasteiger partial charge in [-0.25, -0.2) is 8.78 Å². The molecule has 0 fully saturated rings. The molecule has 0 aliphatic carbocycles. The zero-order chi connectivity index (χ0) is 13.6. The van der Waals surface area contributed by atoms with E-state index in [1.165, 1.54) is 0 Å². The minimum Gasteiger partial charge on any atom is -0.251 e. The first-order chi connectivity index (χ1) is 8.70. The van der Waals surface area contributed by atoms with E-state index in [4.69, 9.17) is 0 Å². The molecule has 0 radical (unpaired) electrons. The summed E-state index contributed by atoms with van der Waals surface area (Å²) in [5.74, 6) is 0. The van der Waals surface area contributed by atoms with Gasteiger partial charge in [-0.05, 0) is 12.1 Å². The molecule has 0 saturated carbocycles. The second-order valence-electron chi connectivity index (χ2n) is 4.85.